The van der Waals surface area contributed by atoms with Gasteiger partial charge in [0.05, 0.1) is 6.61 Å². The normalized spacial score (nSPS) is 24.7. The van der Waals surface area contributed by atoms with Gasteiger partial charge in [0.25, 0.3) is 0 Å². The van der Waals surface area contributed by atoms with Gasteiger partial charge in [0.1, 0.15) is 6.04 Å². The second-order valence-corrected chi connectivity index (χ2v) is 3.05. The highest BCUT2D eigenvalue weighted by Gasteiger charge is 2.22. The first-order chi connectivity index (χ1) is 4.84. The van der Waals surface area contributed by atoms with Crippen molar-refractivity contribution in [2.24, 2.45) is 0 Å². The van der Waals surface area contributed by atoms with E-state index < -0.39 is 0 Å². The van der Waals surface area contributed by atoms with Crippen LogP contribution in [0.15, 0.2) is 0 Å². The van der Waals surface area contributed by atoms with Crippen molar-refractivity contribution in [3.63, 3.8) is 0 Å². The summed E-state index contributed by atoms with van der Waals surface area (Å²) >= 11 is 1.72. The quantitative estimate of drug-likeness (QED) is 0.588. The molecule has 58 valence electrons. The molecule has 1 aliphatic heterocycles. The van der Waals surface area contributed by atoms with Gasteiger partial charge < -0.3 is 4.74 Å². The van der Waals surface area contributed by atoms with Gasteiger partial charge in [-0.15, -0.1) is 11.8 Å². The van der Waals surface area contributed by atoms with Crippen LogP contribution in [-0.4, -0.2) is 30.2 Å². The van der Waals surface area contributed by atoms with Crippen molar-refractivity contribution in [2.45, 2.75) is 13.0 Å². The lowest BCUT2D eigenvalue weighted by Gasteiger charge is -2.06. The lowest BCUT2D eigenvalue weighted by molar-refractivity contribution is -0.144. The van der Waals surface area contributed by atoms with Crippen LogP contribution in [0.1, 0.15) is 6.92 Å². The zero-order valence-corrected chi connectivity index (χ0v) is 6.74. The lowest BCUT2D eigenvalue weighted by atomic mass is 10.3. The smallest absolute Gasteiger partial charge is 0.324 e. The fourth-order valence-electron chi connectivity index (χ4n) is 0.789. The van der Waals surface area contributed by atoms with Crippen LogP contribution >= 0.6 is 11.8 Å². The summed E-state index contributed by atoms with van der Waals surface area (Å²) in [6.45, 7) is 2.29. The zero-order valence-electron chi connectivity index (χ0n) is 5.92. The van der Waals surface area contributed by atoms with Crippen molar-refractivity contribution in [3.05, 3.63) is 0 Å². The molecule has 0 bridgehead atoms. The van der Waals surface area contributed by atoms with Gasteiger partial charge in [-0.2, -0.15) is 0 Å². The molecule has 4 heteroatoms. The highest BCUT2D eigenvalue weighted by molar-refractivity contribution is 7.99. The molecule has 1 fully saturated rings. The van der Waals surface area contributed by atoms with Crippen LogP contribution in [0.3, 0.4) is 0 Å². The van der Waals surface area contributed by atoms with Crippen molar-refractivity contribution < 1.29 is 9.53 Å². The van der Waals surface area contributed by atoms with E-state index in [1.165, 1.54) is 0 Å². The Morgan fingerprint density at radius 2 is 2.70 bits per heavy atom. The summed E-state index contributed by atoms with van der Waals surface area (Å²) in [7, 11) is 0. The Kier molecular flexibility index (Phi) is 3.02. The number of carbonyl (C=O) groups excluding carboxylic acids is 1. The molecule has 3 nitrogen and oxygen atoms in total. The highest BCUT2D eigenvalue weighted by Crippen LogP contribution is 2.10. The van der Waals surface area contributed by atoms with Gasteiger partial charge in [0.15, 0.2) is 0 Å². The molecule has 0 aromatic heterocycles. The van der Waals surface area contributed by atoms with Gasteiger partial charge in [-0.1, -0.05) is 0 Å². The number of hydrogen-bond donors (Lipinski definition) is 1. The zero-order chi connectivity index (χ0) is 7.40. The lowest BCUT2D eigenvalue weighted by Crippen LogP contribution is -2.34. The fraction of sp³-hybridized carbons (Fsp3) is 0.833. The van der Waals surface area contributed by atoms with Crippen molar-refractivity contribution in [2.75, 3.05) is 18.2 Å². The van der Waals surface area contributed by atoms with E-state index in [-0.39, 0.29) is 12.0 Å². The third-order valence-corrected chi connectivity index (χ3v) is 2.23. The number of nitrogens with one attached hydrogen (secondary N) is 1. The number of hydrogen-bond acceptors (Lipinski definition) is 4. The number of carbonyl (C=O) groups is 1. The second-order valence-electron chi connectivity index (χ2n) is 2.02. The van der Waals surface area contributed by atoms with Crippen LogP contribution in [0.4, 0.5) is 0 Å². The molecule has 1 heterocycles. The van der Waals surface area contributed by atoms with E-state index in [4.69, 9.17) is 4.74 Å². The molecule has 0 radical (unpaired) electrons. The van der Waals surface area contributed by atoms with E-state index in [2.05, 4.69) is 5.32 Å². The Morgan fingerprint density at radius 1 is 1.90 bits per heavy atom. The summed E-state index contributed by atoms with van der Waals surface area (Å²) in [6.07, 6.45) is 0. The molecule has 1 saturated heterocycles. The summed E-state index contributed by atoms with van der Waals surface area (Å²) in [4.78, 5) is 10.9. The Bertz CT molecular complexity index is 123. The minimum Gasteiger partial charge on any atom is -0.465 e. The topological polar surface area (TPSA) is 38.3 Å². The summed E-state index contributed by atoms with van der Waals surface area (Å²) in [5, 5.41) is 3.03. The Hall–Kier alpha value is -0.220. The van der Waals surface area contributed by atoms with Crippen molar-refractivity contribution in [3.8, 4) is 0 Å². The largest absolute Gasteiger partial charge is 0.465 e. The first-order valence-corrected chi connectivity index (χ1v) is 4.48. The van der Waals surface area contributed by atoms with Gasteiger partial charge >= 0.3 is 5.97 Å². The molecule has 1 N–H and O–H groups in total. The van der Waals surface area contributed by atoms with Gasteiger partial charge in [-0.05, 0) is 6.92 Å². The van der Waals surface area contributed by atoms with Crippen LogP contribution < -0.4 is 5.32 Å². The molecule has 1 atom stereocenters. The summed E-state index contributed by atoms with van der Waals surface area (Å²) < 4.78 is 4.81. The average molecular weight is 161 g/mol. The number of rotatable bonds is 2. The molecule has 10 heavy (non-hydrogen) atoms. The predicted octanol–water partition coefficient (Wildman–Crippen LogP) is 0.212. The molecule has 1 aliphatic rings. The van der Waals surface area contributed by atoms with Crippen LogP contribution in [0.2, 0.25) is 0 Å². The molecule has 0 saturated carbocycles. The van der Waals surface area contributed by atoms with Crippen molar-refractivity contribution >= 4 is 17.7 Å². The second kappa shape index (κ2) is 3.83. The van der Waals surface area contributed by atoms with Gasteiger partial charge in [-0.25, -0.2) is 0 Å². The first-order valence-electron chi connectivity index (χ1n) is 3.32. The molecule has 0 spiro atoms. The maximum Gasteiger partial charge on any atom is 0.324 e. The average Bonchev–Trinajstić information content (AvgIpc) is 2.38. The van der Waals surface area contributed by atoms with Crippen LogP contribution in [0.25, 0.3) is 0 Å². The maximum atomic E-state index is 10.9. The van der Waals surface area contributed by atoms with E-state index in [0.717, 1.165) is 11.6 Å². The number of thioether (sulfide) groups is 1. The third kappa shape index (κ3) is 1.88. The maximum absolute atomic E-state index is 10.9. The monoisotopic (exact) mass is 161 g/mol. The summed E-state index contributed by atoms with van der Waals surface area (Å²) in [5.41, 5.74) is 0. The Labute approximate surface area is 64.5 Å². The van der Waals surface area contributed by atoms with Gasteiger partial charge in [0, 0.05) is 11.6 Å². The SMILES string of the molecule is CCOC(=O)[C@H]1CSCN1. The fourth-order valence-corrected chi connectivity index (χ4v) is 1.72. The molecule has 1 rings (SSSR count). The van der Waals surface area contributed by atoms with E-state index in [1.807, 2.05) is 6.92 Å². The number of esters is 1. The molecule has 0 aromatic rings. The van der Waals surface area contributed by atoms with E-state index in [0.29, 0.717) is 6.61 Å². The summed E-state index contributed by atoms with van der Waals surface area (Å²) in [6, 6.07) is -0.0649. The molecule has 0 aromatic carbocycles. The van der Waals surface area contributed by atoms with Gasteiger partial charge in [0.2, 0.25) is 0 Å². The van der Waals surface area contributed by atoms with Crippen LogP contribution in [0, 0.1) is 0 Å². The molecule has 0 amide bonds. The first kappa shape index (κ1) is 7.88. The van der Waals surface area contributed by atoms with Crippen LogP contribution in [-0.2, 0) is 9.53 Å². The molecular formula is C6H11NO2S. The molecule has 0 aliphatic carbocycles. The van der Waals surface area contributed by atoms with E-state index in [9.17, 15) is 4.79 Å². The summed E-state index contributed by atoms with van der Waals surface area (Å²) in [5.74, 6) is 1.59. The minimum atomic E-state index is -0.118. The van der Waals surface area contributed by atoms with Crippen molar-refractivity contribution in [1.82, 2.24) is 5.32 Å². The van der Waals surface area contributed by atoms with E-state index in [1.54, 1.807) is 11.8 Å². The third-order valence-electron chi connectivity index (χ3n) is 1.29. The van der Waals surface area contributed by atoms with E-state index >= 15 is 0 Å². The highest BCUT2D eigenvalue weighted by atomic mass is 32.2. The standard InChI is InChI=1S/C6H11NO2S/c1-2-9-6(8)5-3-10-4-7-5/h5,7H,2-4H2,1H3/t5-/m1/s1. The minimum absolute atomic E-state index is 0.0649. The molecule has 0 unspecified atom stereocenters. The Balaban J connectivity index is 2.25. The van der Waals surface area contributed by atoms with Crippen LogP contribution in [0.5, 0.6) is 0 Å². The predicted molar refractivity (Wildman–Crippen MR) is 40.9 cm³/mol. The van der Waals surface area contributed by atoms with Gasteiger partial charge in [-0.3, -0.25) is 10.1 Å². The van der Waals surface area contributed by atoms with Crippen molar-refractivity contribution in [1.29, 1.82) is 0 Å². The molecular weight excluding hydrogens is 150 g/mol. The Morgan fingerprint density at radius 3 is 3.20 bits per heavy atom. The number of ether oxygens (including phenoxy) is 1.